The number of rotatable bonds is 5. The number of urea groups is 1. The molecule has 1 aromatic carbocycles. The molecule has 2 N–H and O–H groups in total. The van der Waals surface area contributed by atoms with Crippen molar-refractivity contribution in [1.29, 1.82) is 0 Å². The van der Waals surface area contributed by atoms with Gasteiger partial charge >= 0.3 is 12.0 Å². The number of aliphatic carboxylic acids is 1. The lowest BCUT2D eigenvalue weighted by Crippen LogP contribution is -2.37. The Labute approximate surface area is 126 Å². The van der Waals surface area contributed by atoms with Gasteiger partial charge < -0.3 is 5.11 Å². The fourth-order valence-corrected chi connectivity index (χ4v) is 2.37. The van der Waals surface area contributed by atoms with Crippen molar-refractivity contribution >= 4 is 34.2 Å². The summed E-state index contributed by atoms with van der Waals surface area (Å²) in [5.74, 6) is -0.948. The monoisotopic (exact) mass is 305 g/mol. The largest absolute Gasteiger partial charge is 0.481 e. The molecule has 1 heterocycles. The molecule has 0 spiro atoms. The first-order valence-electron chi connectivity index (χ1n) is 6.33. The van der Waals surface area contributed by atoms with E-state index in [-0.39, 0.29) is 19.0 Å². The van der Waals surface area contributed by atoms with Crippen LogP contribution in [0.1, 0.15) is 12.0 Å². The standard InChI is InChI=1S/C14H15N3O3S/c1-10-4-2-3-5-11(10)17(8-6-12(18)19)14(20)16-13-15-7-9-21-13/h2-5,7,9H,6,8H2,1H3,(H,18,19)(H,15,16,20). The molecule has 7 heteroatoms. The number of benzene rings is 1. The average Bonchev–Trinajstić information content (AvgIpc) is 2.93. The summed E-state index contributed by atoms with van der Waals surface area (Å²) in [6, 6.07) is 6.96. The first kappa shape index (κ1) is 15.0. The Hall–Kier alpha value is -2.41. The third-order valence-corrected chi connectivity index (χ3v) is 3.54. The molecule has 1 aromatic heterocycles. The van der Waals surface area contributed by atoms with Gasteiger partial charge in [0, 0.05) is 23.8 Å². The lowest BCUT2D eigenvalue weighted by atomic mass is 10.2. The summed E-state index contributed by atoms with van der Waals surface area (Å²) in [4.78, 5) is 28.6. The van der Waals surface area contributed by atoms with E-state index in [2.05, 4.69) is 10.3 Å². The smallest absolute Gasteiger partial charge is 0.328 e. The van der Waals surface area contributed by atoms with Crippen LogP contribution in [0.15, 0.2) is 35.8 Å². The van der Waals surface area contributed by atoms with E-state index in [0.717, 1.165) is 5.56 Å². The van der Waals surface area contributed by atoms with E-state index < -0.39 is 5.97 Å². The van der Waals surface area contributed by atoms with Crippen molar-refractivity contribution in [3.05, 3.63) is 41.4 Å². The number of hydrogen-bond acceptors (Lipinski definition) is 4. The molecule has 2 aromatic rings. The van der Waals surface area contributed by atoms with Gasteiger partial charge in [0.15, 0.2) is 5.13 Å². The first-order valence-corrected chi connectivity index (χ1v) is 7.21. The maximum atomic E-state index is 12.4. The molecule has 0 radical (unpaired) electrons. The Balaban J connectivity index is 2.21. The van der Waals surface area contributed by atoms with Gasteiger partial charge in [0.1, 0.15) is 0 Å². The van der Waals surface area contributed by atoms with Crippen molar-refractivity contribution in [2.24, 2.45) is 0 Å². The Morgan fingerprint density at radius 3 is 2.76 bits per heavy atom. The van der Waals surface area contributed by atoms with Crippen LogP contribution in [0, 0.1) is 6.92 Å². The summed E-state index contributed by atoms with van der Waals surface area (Å²) in [7, 11) is 0. The Morgan fingerprint density at radius 2 is 2.14 bits per heavy atom. The number of aryl methyl sites for hydroxylation is 1. The number of carbonyl (C=O) groups excluding carboxylic acids is 1. The molecule has 0 unspecified atom stereocenters. The summed E-state index contributed by atoms with van der Waals surface area (Å²) < 4.78 is 0. The average molecular weight is 305 g/mol. The molecule has 0 fully saturated rings. The third-order valence-electron chi connectivity index (χ3n) is 2.85. The maximum absolute atomic E-state index is 12.4. The highest BCUT2D eigenvalue weighted by atomic mass is 32.1. The minimum Gasteiger partial charge on any atom is -0.481 e. The van der Waals surface area contributed by atoms with Crippen molar-refractivity contribution in [3.63, 3.8) is 0 Å². The number of anilines is 2. The summed E-state index contributed by atoms with van der Waals surface area (Å²) in [5, 5.41) is 13.8. The van der Waals surface area contributed by atoms with E-state index in [0.29, 0.717) is 10.8 Å². The second-order valence-corrected chi connectivity index (χ2v) is 5.24. The van der Waals surface area contributed by atoms with Crippen molar-refractivity contribution in [2.75, 3.05) is 16.8 Å². The molecule has 0 saturated heterocycles. The highest BCUT2D eigenvalue weighted by Crippen LogP contribution is 2.21. The number of nitrogens with zero attached hydrogens (tertiary/aromatic N) is 2. The molecule has 0 aliphatic rings. The highest BCUT2D eigenvalue weighted by Gasteiger charge is 2.19. The van der Waals surface area contributed by atoms with E-state index in [1.54, 1.807) is 17.6 Å². The molecule has 6 nitrogen and oxygen atoms in total. The third kappa shape index (κ3) is 4.03. The van der Waals surface area contributed by atoms with Gasteiger partial charge in [-0.1, -0.05) is 18.2 Å². The number of nitrogens with one attached hydrogen (secondary N) is 1. The minimum atomic E-state index is -0.948. The lowest BCUT2D eigenvalue weighted by molar-refractivity contribution is -0.136. The summed E-state index contributed by atoms with van der Waals surface area (Å²) >= 11 is 1.31. The van der Waals surface area contributed by atoms with E-state index in [9.17, 15) is 9.59 Å². The number of carboxylic acid groups (broad SMARTS) is 1. The van der Waals surface area contributed by atoms with E-state index >= 15 is 0 Å². The van der Waals surface area contributed by atoms with Gasteiger partial charge in [-0.15, -0.1) is 11.3 Å². The molecule has 21 heavy (non-hydrogen) atoms. The second-order valence-electron chi connectivity index (χ2n) is 4.35. The van der Waals surface area contributed by atoms with Crippen LogP contribution in [0.3, 0.4) is 0 Å². The van der Waals surface area contributed by atoms with Crippen LogP contribution in [-0.2, 0) is 4.79 Å². The molecule has 2 rings (SSSR count). The van der Waals surface area contributed by atoms with Gasteiger partial charge in [-0.2, -0.15) is 0 Å². The van der Waals surface area contributed by atoms with Crippen molar-refractivity contribution in [2.45, 2.75) is 13.3 Å². The molecule has 0 saturated carbocycles. The number of thiazole rings is 1. The number of carbonyl (C=O) groups is 2. The first-order chi connectivity index (χ1) is 10.1. The topological polar surface area (TPSA) is 82.5 Å². The fraction of sp³-hybridized carbons (Fsp3) is 0.214. The van der Waals surface area contributed by atoms with E-state index in [4.69, 9.17) is 5.11 Å². The van der Waals surface area contributed by atoms with Gasteiger partial charge in [-0.25, -0.2) is 9.78 Å². The van der Waals surface area contributed by atoms with Crippen LogP contribution in [0.5, 0.6) is 0 Å². The molecule has 2 amide bonds. The van der Waals surface area contributed by atoms with Crippen LogP contribution in [0.25, 0.3) is 0 Å². The molecule has 0 bridgehead atoms. The zero-order valence-electron chi connectivity index (χ0n) is 11.4. The van der Waals surface area contributed by atoms with Gasteiger partial charge in [0.2, 0.25) is 0 Å². The van der Waals surface area contributed by atoms with Gasteiger partial charge in [0.05, 0.1) is 6.42 Å². The van der Waals surface area contributed by atoms with Crippen LogP contribution < -0.4 is 10.2 Å². The molecule has 0 aliphatic heterocycles. The van der Waals surface area contributed by atoms with Gasteiger partial charge in [-0.05, 0) is 18.6 Å². The van der Waals surface area contributed by atoms with Gasteiger partial charge in [-0.3, -0.25) is 15.0 Å². The van der Waals surface area contributed by atoms with Crippen LogP contribution in [0.2, 0.25) is 0 Å². The predicted octanol–water partition coefficient (Wildman–Crippen LogP) is 2.96. The quantitative estimate of drug-likeness (QED) is 0.889. The Morgan fingerprint density at radius 1 is 1.38 bits per heavy atom. The second kappa shape index (κ2) is 6.85. The van der Waals surface area contributed by atoms with E-state index in [1.807, 2.05) is 25.1 Å². The number of amides is 2. The lowest BCUT2D eigenvalue weighted by Gasteiger charge is -2.23. The molecule has 110 valence electrons. The Kier molecular flexibility index (Phi) is 4.89. The molecule has 0 aliphatic carbocycles. The van der Waals surface area contributed by atoms with Crippen LogP contribution in [-0.4, -0.2) is 28.6 Å². The van der Waals surface area contributed by atoms with Crippen molar-refractivity contribution in [3.8, 4) is 0 Å². The zero-order valence-corrected chi connectivity index (χ0v) is 12.3. The number of aromatic nitrogens is 1. The molecular weight excluding hydrogens is 290 g/mol. The molecular formula is C14H15N3O3S. The number of hydrogen-bond donors (Lipinski definition) is 2. The van der Waals surface area contributed by atoms with Crippen LogP contribution in [0.4, 0.5) is 15.6 Å². The van der Waals surface area contributed by atoms with E-state index in [1.165, 1.54) is 16.2 Å². The van der Waals surface area contributed by atoms with Gasteiger partial charge in [0.25, 0.3) is 0 Å². The summed E-state index contributed by atoms with van der Waals surface area (Å²) in [6.45, 7) is 1.97. The fourth-order valence-electron chi connectivity index (χ4n) is 1.85. The maximum Gasteiger partial charge on any atom is 0.328 e. The highest BCUT2D eigenvalue weighted by molar-refractivity contribution is 7.13. The normalized spacial score (nSPS) is 10.1. The minimum absolute atomic E-state index is 0.0946. The Bertz CT molecular complexity index is 628. The summed E-state index contributed by atoms with van der Waals surface area (Å²) in [5.41, 5.74) is 1.59. The summed E-state index contributed by atoms with van der Waals surface area (Å²) in [6.07, 6.45) is 1.47. The predicted molar refractivity (Wildman–Crippen MR) is 81.9 cm³/mol. The zero-order chi connectivity index (χ0) is 15.2. The SMILES string of the molecule is Cc1ccccc1N(CCC(=O)O)C(=O)Nc1nccs1. The van der Waals surface area contributed by atoms with Crippen LogP contribution >= 0.6 is 11.3 Å². The number of carboxylic acids is 1. The molecule has 0 atom stereocenters. The van der Waals surface area contributed by atoms with Crippen molar-refractivity contribution < 1.29 is 14.7 Å². The van der Waals surface area contributed by atoms with Crippen molar-refractivity contribution in [1.82, 2.24) is 4.98 Å². The number of para-hydroxylation sites is 1.